The summed E-state index contributed by atoms with van der Waals surface area (Å²) in [6, 6.07) is 7.31. The number of piperazine rings is 1. The maximum absolute atomic E-state index is 13.8. The Morgan fingerprint density at radius 2 is 2.16 bits per heavy atom. The average Bonchev–Trinajstić information content (AvgIpc) is 3.14. The molecule has 1 fully saturated rings. The Labute approximate surface area is 181 Å². The van der Waals surface area contributed by atoms with Crippen LogP contribution >= 0.6 is 0 Å². The number of anilines is 2. The molecule has 2 aliphatic rings. The fourth-order valence-corrected chi connectivity index (χ4v) is 4.57. The number of nitrogens with zero attached hydrogens (tertiary/aromatic N) is 6. The molecule has 0 spiro atoms. The average molecular weight is 420 g/mol. The summed E-state index contributed by atoms with van der Waals surface area (Å²) in [5, 5.41) is 4.41. The van der Waals surface area contributed by atoms with Crippen molar-refractivity contribution in [2.24, 2.45) is 0 Å². The van der Waals surface area contributed by atoms with Gasteiger partial charge in [-0.3, -0.25) is 4.90 Å². The van der Waals surface area contributed by atoms with E-state index < -0.39 is 0 Å². The number of aromatic nitrogens is 4. The van der Waals surface area contributed by atoms with Gasteiger partial charge in [0.2, 0.25) is 0 Å². The number of hydrogen-bond donors (Lipinski definition) is 1. The Morgan fingerprint density at radius 3 is 3.03 bits per heavy atom. The van der Waals surface area contributed by atoms with Gasteiger partial charge in [0.1, 0.15) is 11.6 Å². The predicted octanol–water partition coefficient (Wildman–Crippen LogP) is 2.84. The van der Waals surface area contributed by atoms with Crippen molar-refractivity contribution in [3.05, 3.63) is 65.4 Å². The number of hydrogen-bond acceptors (Lipinski definition) is 6. The third-order valence-electron chi connectivity index (χ3n) is 6.23. The lowest BCUT2D eigenvalue weighted by molar-refractivity contribution is 0.234. The molecule has 0 aliphatic carbocycles. The van der Waals surface area contributed by atoms with Crippen LogP contribution in [0.25, 0.3) is 12.0 Å². The lowest BCUT2D eigenvalue weighted by atomic mass is 9.94. The first-order valence-electron chi connectivity index (χ1n) is 10.7. The van der Waals surface area contributed by atoms with E-state index >= 15 is 0 Å². The topological polar surface area (TPSA) is 76.1 Å². The third-order valence-corrected chi connectivity index (χ3v) is 6.23. The Hall–Kier alpha value is -3.26. The standard InChI is InChI=1S/C23H26FN7/c1-16-18(14-27-31(16)23-26-9-8-22(25)28-23)3-2-10-29-11-12-30-20(15-29)7-5-17-4-6-19(24)13-21(17)30/h2-4,6,8-9,13-14,20H,5,7,10-12,15H2,1H3,(H2,25,26,28)/b3-2+. The van der Waals surface area contributed by atoms with E-state index in [1.54, 1.807) is 29.1 Å². The zero-order valence-corrected chi connectivity index (χ0v) is 17.6. The van der Waals surface area contributed by atoms with Gasteiger partial charge in [-0.15, -0.1) is 0 Å². The molecule has 4 heterocycles. The molecule has 0 saturated carbocycles. The summed E-state index contributed by atoms with van der Waals surface area (Å²) >= 11 is 0. The van der Waals surface area contributed by atoms with Crippen LogP contribution in [0.4, 0.5) is 15.9 Å². The van der Waals surface area contributed by atoms with Crippen LogP contribution in [0.15, 0.2) is 42.7 Å². The molecule has 31 heavy (non-hydrogen) atoms. The maximum atomic E-state index is 13.8. The first-order chi connectivity index (χ1) is 15.1. The van der Waals surface area contributed by atoms with Crippen molar-refractivity contribution >= 4 is 17.6 Å². The van der Waals surface area contributed by atoms with E-state index in [1.165, 1.54) is 5.56 Å². The highest BCUT2D eigenvalue weighted by molar-refractivity contribution is 5.57. The molecule has 2 aromatic heterocycles. The van der Waals surface area contributed by atoms with Crippen molar-refractivity contribution in [1.29, 1.82) is 0 Å². The fourth-order valence-electron chi connectivity index (χ4n) is 4.57. The normalized spacial score (nSPS) is 18.9. The highest BCUT2D eigenvalue weighted by atomic mass is 19.1. The van der Waals surface area contributed by atoms with Gasteiger partial charge in [0.25, 0.3) is 5.95 Å². The SMILES string of the molecule is Cc1c(/C=C/CN2CCN3c4cc(F)ccc4CCC3C2)cnn1-c1nccc(N)n1. The molecule has 1 saturated heterocycles. The second-order valence-corrected chi connectivity index (χ2v) is 8.20. The highest BCUT2D eigenvalue weighted by Gasteiger charge is 2.31. The third kappa shape index (κ3) is 3.90. The monoisotopic (exact) mass is 419 g/mol. The van der Waals surface area contributed by atoms with Crippen LogP contribution < -0.4 is 10.6 Å². The van der Waals surface area contributed by atoms with Crippen LogP contribution in [0.5, 0.6) is 0 Å². The number of benzene rings is 1. The van der Waals surface area contributed by atoms with E-state index in [4.69, 9.17) is 5.73 Å². The predicted molar refractivity (Wildman–Crippen MR) is 120 cm³/mol. The Morgan fingerprint density at radius 1 is 1.26 bits per heavy atom. The van der Waals surface area contributed by atoms with Gasteiger partial charge in [0, 0.05) is 49.7 Å². The molecule has 0 amide bonds. The van der Waals surface area contributed by atoms with Gasteiger partial charge < -0.3 is 10.6 Å². The van der Waals surface area contributed by atoms with E-state index in [2.05, 4.69) is 37.0 Å². The molecule has 2 N–H and O–H groups in total. The van der Waals surface area contributed by atoms with Crippen LogP contribution in [-0.2, 0) is 6.42 Å². The highest BCUT2D eigenvalue weighted by Crippen LogP contribution is 2.33. The number of aryl methyl sites for hydroxylation is 1. The summed E-state index contributed by atoms with van der Waals surface area (Å²) in [4.78, 5) is 13.3. The van der Waals surface area contributed by atoms with E-state index in [1.807, 2.05) is 19.2 Å². The lowest BCUT2D eigenvalue weighted by Crippen LogP contribution is -2.55. The molecule has 3 aromatic rings. The van der Waals surface area contributed by atoms with Gasteiger partial charge in [-0.1, -0.05) is 18.2 Å². The number of nitrogens with two attached hydrogens (primary N) is 1. The largest absolute Gasteiger partial charge is 0.384 e. The van der Waals surface area contributed by atoms with Crippen molar-refractivity contribution in [2.45, 2.75) is 25.8 Å². The smallest absolute Gasteiger partial charge is 0.252 e. The van der Waals surface area contributed by atoms with Crippen LogP contribution in [0, 0.1) is 12.7 Å². The maximum Gasteiger partial charge on any atom is 0.252 e. The molecule has 2 aliphatic heterocycles. The molecule has 1 aromatic carbocycles. The van der Waals surface area contributed by atoms with Crippen molar-refractivity contribution in [3.63, 3.8) is 0 Å². The minimum absolute atomic E-state index is 0.149. The minimum atomic E-state index is -0.149. The molecular formula is C23H26FN7. The molecular weight excluding hydrogens is 393 g/mol. The summed E-state index contributed by atoms with van der Waals surface area (Å²) in [6.07, 6.45) is 9.87. The zero-order chi connectivity index (χ0) is 21.4. The minimum Gasteiger partial charge on any atom is -0.384 e. The zero-order valence-electron chi connectivity index (χ0n) is 17.6. The Bertz CT molecular complexity index is 1120. The van der Waals surface area contributed by atoms with Crippen LogP contribution in [0.1, 0.15) is 23.2 Å². The van der Waals surface area contributed by atoms with Gasteiger partial charge in [-0.2, -0.15) is 10.1 Å². The summed E-state index contributed by atoms with van der Waals surface area (Å²) in [6.45, 7) is 5.76. The van der Waals surface area contributed by atoms with Gasteiger partial charge in [-0.05, 0) is 43.5 Å². The van der Waals surface area contributed by atoms with Crippen LogP contribution in [-0.4, -0.2) is 56.9 Å². The van der Waals surface area contributed by atoms with E-state index in [0.717, 1.165) is 56.0 Å². The van der Waals surface area contributed by atoms with E-state index in [0.29, 0.717) is 17.8 Å². The first-order valence-corrected chi connectivity index (χ1v) is 10.7. The molecule has 0 radical (unpaired) electrons. The second-order valence-electron chi connectivity index (χ2n) is 8.20. The van der Waals surface area contributed by atoms with Crippen molar-refractivity contribution in [1.82, 2.24) is 24.6 Å². The Kier molecular flexibility index (Phi) is 5.15. The molecule has 8 heteroatoms. The van der Waals surface area contributed by atoms with Crippen molar-refractivity contribution in [2.75, 3.05) is 36.8 Å². The molecule has 1 unspecified atom stereocenters. The number of fused-ring (bicyclic) bond motifs is 3. The van der Waals surface area contributed by atoms with Gasteiger partial charge in [0.05, 0.1) is 11.9 Å². The Balaban J connectivity index is 1.23. The quantitative estimate of drug-likeness (QED) is 0.701. The van der Waals surface area contributed by atoms with Crippen molar-refractivity contribution < 1.29 is 4.39 Å². The summed E-state index contributed by atoms with van der Waals surface area (Å²) in [5.41, 5.74) is 10.1. The van der Waals surface area contributed by atoms with Crippen LogP contribution in [0.2, 0.25) is 0 Å². The van der Waals surface area contributed by atoms with Gasteiger partial charge in [0.15, 0.2) is 0 Å². The molecule has 0 bridgehead atoms. The number of halogens is 1. The van der Waals surface area contributed by atoms with Gasteiger partial charge >= 0.3 is 0 Å². The molecule has 5 rings (SSSR count). The molecule has 7 nitrogen and oxygen atoms in total. The molecule has 1 atom stereocenters. The lowest BCUT2D eigenvalue weighted by Gasteiger charge is -2.46. The summed E-state index contributed by atoms with van der Waals surface area (Å²) < 4.78 is 15.5. The van der Waals surface area contributed by atoms with Crippen molar-refractivity contribution in [3.8, 4) is 5.95 Å². The fraction of sp³-hybridized carbons (Fsp3) is 0.348. The second kappa shape index (κ2) is 8.11. The van der Waals surface area contributed by atoms with Crippen LogP contribution in [0.3, 0.4) is 0 Å². The summed E-state index contributed by atoms with van der Waals surface area (Å²) in [7, 11) is 0. The first kappa shape index (κ1) is 19.7. The number of nitrogen functional groups attached to an aromatic ring is 1. The van der Waals surface area contributed by atoms with E-state index in [-0.39, 0.29) is 5.82 Å². The van der Waals surface area contributed by atoms with Gasteiger partial charge in [-0.25, -0.2) is 14.1 Å². The molecule has 160 valence electrons. The van der Waals surface area contributed by atoms with E-state index in [9.17, 15) is 4.39 Å². The number of rotatable bonds is 4. The summed E-state index contributed by atoms with van der Waals surface area (Å²) in [5.74, 6) is 0.746.